The first-order chi connectivity index (χ1) is 17.2. The molecule has 2 amide bonds. The smallest absolute Gasteiger partial charge is 0.244 e. The molecule has 0 unspecified atom stereocenters. The van der Waals surface area contributed by atoms with Crippen LogP contribution in [0.15, 0.2) is 42.5 Å². The van der Waals surface area contributed by atoms with Gasteiger partial charge < -0.3 is 19.7 Å². The molecular weight excluding hydrogens is 494 g/mol. The molecule has 10 heteroatoms. The van der Waals surface area contributed by atoms with Crippen LogP contribution in [0.5, 0.6) is 11.5 Å². The monoisotopic (exact) mass is 533 g/mol. The minimum absolute atomic E-state index is 0.152. The average molecular weight is 534 g/mol. The minimum Gasteiger partial charge on any atom is -0.493 e. The number of nitrogens with zero attached hydrogens (tertiary/aromatic N) is 2. The first-order valence-electron chi connectivity index (χ1n) is 12.1. The van der Waals surface area contributed by atoms with Crippen molar-refractivity contribution in [3.8, 4) is 11.5 Å². The molecule has 1 N–H and O–H groups in total. The van der Waals surface area contributed by atoms with Crippen LogP contribution >= 0.6 is 0 Å². The number of carbonyl (C=O) groups excluding carboxylic acids is 2. The van der Waals surface area contributed by atoms with E-state index in [9.17, 15) is 18.0 Å². The van der Waals surface area contributed by atoms with E-state index in [1.807, 2.05) is 58.9 Å². The molecule has 0 heterocycles. The molecule has 0 spiro atoms. The summed E-state index contributed by atoms with van der Waals surface area (Å²) in [5.41, 5.74) is 1.64. The van der Waals surface area contributed by atoms with Gasteiger partial charge in [-0.05, 0) is 51.8 Å². The van der Waals surface area contributed by atoms with E-state index in [4.69, 9.17) is 9.47 Å². The fourth-order valence-corrected chi connectivity index (χ4v) is 4.70. The van der Waals surface area contributed by atoms with E-state index in [2.05, 4.69) is 5.32 Å². The van der Waals surface area contributed by atoms with Gasteiger partial charge in [0, 0.05) is 18.2 Å². The number of sulfonamides is 1. The summed E-state index contributed by atoms with van der Waals surface area (Å²) in [5.74, 6) is -0.0466. The maximum atomic E-state index is 13.8. The first-order valence-corrected chi connectivity index (χ1v) is 13.9. The Morgan fingerprint density at radius 2 is 1.59 bits per heavy atom. The Balaban J connectivity index is 2.50. The Morgan fingerprint density at radius 3 is 2.08 bits per heavy atom. The number of hydrogen-bond donors (Lipinski definition) is 1. The van der Waals surface area contributed by atoms with Gasteiger partial charge in [-0.3, -0.25) is 13.9 Å². The van der Waals surface area contributed by atoms with Crippen LogP contribution in [0.25, 0.3) is 0 Å². The van der Waals surface area contributed by atoms with E-state index in [1.54, 1.807) is 12.1 Å². The number of nitrogens with one attached hydrogen (secondary N) is 1. The SMILES string of the molecule is CC[C@H](C(=O)NC(C)(C)C)N(Cc1ccc(C)cc1)C(=O)CN(c1ccc(OC)c(OC)c1)S(C)(=O)=O. The number of benzene rings is 2. The lowest BCUT2D eigenvalue weighted by Gasteiger charge is -2.34. The van der Waals surface area contributed by atoms with Gasteiger partial charge >= 0.3 is 0 Å². The summed E-state index contributed by atoms with van der Waals surface area (Å²) in [7, 11) is -0.939. The summed E-state index contributed by atoms with van der Waals surface area (Å²) in [6.07, 6.45) is 1.39. The lowest BCUT2D eigenvalue weighted by molar-refractivity contribution is -0.141. The molecule has 0 aliphatic carbocycles. The second-order valence-electron chi connectivity index (χ2n) is 9.98. The number of rotatable bonds is 11. The van der Waals surface area contributed by atoms with E-state index in [0.29, 0.717) is 17.9 Å². The standard InChI is InChI=1S/C27H39N3O6S/c1-9-22(26(32)28-27(3,4)5)29(17-20-12-10-19(2)11-13-20)25(31)18-30(37(8,33)34)21-14-15-23(35-6)24(16-21)36-7/h10-16,22H,9,17-18H2,1-8H3,(H,28,32)/t22-/m1/s1. The molecule has 9 nitrogen and oxygen atoms in total. The predicted molar refractivity (Wildman–Crippen MR) is 145 cm³/mol. The van der Waals surface area contributed by atoms with Crippen molar-refractivity contribution in [1.82, 2.24) is 10.2 Å². The molecule has 2 aromatic carbocycles. The average Bonchev–Trinajstić information content (AvgIpc) is 2.81. The van der Waals surface area contributed by atoms with E-state index >= 15 is 0 Å². The first kappa shape index (κ1) is 30.0. The number of anilines is 1. The van der Waals surface area contributed by atoms with Crippen molar-refractivity contribution in [2.45, 2.75) is 59.2 Å². The highest BCUT2D eigenvalue weighted by Gasteiger charge is 2.33. The lowest BCUT2D eigenvalue weighted by Crippen LogP contribution is -2.55. The highest BCUT2D eigenvalue weighted by molar-refractivity contribution is 7.92. The van der Waals surface area contributed by atoms with Crippen LogP contribution in [0.1, 0.15) is 45.2 Å². The maximum absolute atomic E-state index is 13.8. The van der Waals surface area contributed by atoms with Crippen molar-refractivity contribution in [2.24, 2.45) is 0 Å². The number of methoxy groups -OCH3 is 2. The fourth-order valence-electron chi connectivity index (χ4n) is 3.86. The number of aryl methyl sites for hydroxylation is 1. The van der Waals surface area contributed by atoms with Gasteiger partial charge in [0.1, 0.15) is 12.6 Å². The third-order valence-corrected chi connectivity index (χ3v) is 6.83. The van der Waals surface area contributed by atoms with E-state index in [1.165, 1.54) is 25.2 Å². The molecule has 0 saturated carbocycles. The van der Waals surface area contributed by atoms with Gasteiger partial charge in [0.25, 0.3) is 0 Å². The molecule has 2 rings (SSSR count). The minimum atomic E-state index is -3.86. The lowest BCUT2D eigenvalue weighted by atomic mass is 10.1. The van der Waals surface area contributed by atoms with Crippen molar-refractivity contribution < 1.29 is 27.5 Å². The van der Waals surface area contributed by atoms with Gasteiger partial charge in [-0.15, -0.1) is 0 Å². The number of carbonyl (C=O) groups is 2. The Morgan fingerprint density at radius 1 is 1.00 bits per heavy atom. The third kappa shape index (κ3) is 8.38. The predicted octanol–water partition coefficient (Wildman–Crippen LogP) is 3.50. The molecule has 0 radical (unpaired) electrons. The van der Waals surface area contributed by atoms with E-state index in [0.717, 1.165) is 21.7 Å². The summed E-state index contributed by atoms with van der Waals surface area (Å²) in [4.78, 5) is 28.4. The summed E-state index contributed by atoms with van der Waals surface area (Å²) in [6, 6.07) is 11.5. The molecule has 204 valence electrons. The summed E-state index contributed by atoms with van der Waals surface area (Å²) >= 11 is 0. The van der Waals surface area contributed by atoms with Crippen LogP contribution in [-0.2, 0) is 26.2 Å². The maximum Gasteiger partial charge on any atom is 0.244 e. The Labute approximate surface area is 220 Å². The van der Waals surface area contributed by atoms with Crippen molar-refractivity contribution in [3.05, 3.63) is 53.6 Å². The van der Waals surface area contributed by atoms with Gasteiger partial charge in [-0.25, -0.2) is 8.42 Å². The molecule has 2 aromatic rings. The quantitative estimate of drug-likeness (QED) is 0.474. The molecule has 0 aromatic heterocycles. The number of ether oxygens (including phenoxy) is 2. The van der Waals surface area contributed by atoms with Gasteiger partial charge in [0.2, 0.25) is 21.8 Å². The van der Waals surface area contributed by atoms with Crippen molar-refractivity contribution >= 4 is 27.5 Å². The van der Waals surface area contributed by atoms with Gasteiger partial charge in [-0.1, -0.05) is 36.8 Å². The highest BCUT2D eigenvalue weighted by atomic mass is 32.2. The second-order valence-corrected chi connectivity index (χ2v) is 11.9. The van der Waals surface area contributed by atoms with Gasteiger partial charge in [0.15, 0.2) is 11.5 Å². The molecule has 0 bridgehead atoms. The molecular formula is C27H39N3O6S. The number of hydrogen-bond acceptors (Lipinski definition) is 6. The van der Waals surface area contributed by atoms with Crippen LogP contribution in [0.2, 0.25) is 0 Å². The van der Waals surface area contributed by atoms with Crippen LogP contribution < -0.4 is 19.1 Å². The Bertz CT molecular complexity index is 1190. The third-order valence-electron chi connectivity index (χ3n) is 5.69. The Kier molecular flexibility index (Phi) is 9.97. The Hall–Kier alpha value is -3.27. The van der Waals surface area contributed by atoms with E-state index in [-0.39, 0.29) is 18.1 Å². The summed E-state index contributed by atoms with van der Waals surface area (Å²) in [5, 5.41) is 2.95. The molecule has 0 saturated heterocycles. The highest BCUT2D eigenvalue weighted by Crippen LogP contribution is 2.32. The summed E-state index contributed by atoms with van der Waals surface area (Å²) in [6.45, 7) is 9.05. The fraction of sp³-hybridized carbons (Fsp3) is 0.481. The topological polar surface area (TPSA) is 105 Å². The van der Waals surface area contributed by atoms with Crippen molar-refractivity contribution in [1.29, 1.82) is 0 Å². The molecule has 37 heavy (non-hydrogen) atoms. The zero-order chi connectivity index (χ0) is 28.0. The molecule has 1 atom stereocenters. The largest absolute Gasteiger partial charge is 0.493 e. The van der Waals surface area contributed by atoms with Crippen LogP contribution in [-0.4, -0.2) is 63.7 Å². The normalized spacial score (nSPS) is 12.4. The van der Waals surface area contributed by atoms with Crippen molar-refractivity contribution in [3.63, 3.8) is 0 Å². The number of amides is 2. The zero-order valence-corrected chi connectivity index (χ0v) is 23.8. The van der Waals surface area contributed by atoms with E-state index < -0.39 is 34.1 Å². The van der Waals surface area contributed by atoms with Crippen LogP contribution in [0, 0.1) is 6.92 Å². The van der Waals surface area contributed by atoms with Gasteiger partial charge in [0.05, 0.1) is 26.2 Å². The summed E-state index contributed by atoms with van der Waals surface area (Å²) < 4.78 is 37.2. The van der Waals surface area contributed by atoms with Crippen LogP contribution in [0.3, 0.4) is 0 Å². The molecule has 0 aliphatic heterocycles. The van der Waals surface area contributed by atoms with Crippen molar-refractivity contribution in [2.75, 3.05) is 31.3 Å². The second kappa shape index (κ2) is 12.3. The van der Waals surface area contributed by atoms with Gasteiger partial charge in [-0.2, -0.15) is 0 Å². The van der Waals surface area contributed by atoms with Crippen LogP contribution in [0.4, 0.5) is 5.69 Å². The molecule has 0 fully saturated rings. The molecule has 0 aliphatic rings. The zero-order valence-electron chi connectivity index (χ0n) is 23.0.